The van der Waals surface area contributed by atoms with Crippen LogP contribution in [-0.4, -0.2) is 15.7 Å². The summed E-state index contributed by atoms with van der Waals surface area (Å²) in [6, 6.07) is 12.6. The van der Waals surface area contributed by atoms with Crippen molar-refractivity contribution in [2.75, 3.05) is 5.32 Å². The van der Waals surface area contributed by atoms with Gasteiger partial charge < -0.3 is 5.32 Å². The Hall–Kier alpha value is -3.02. The first kappa shape index (κ1) is 14.9. The third-order valence-electron chi connectivity index (χ3n) is 3.46. The first-order valence-corrected chi connectivity index (χ1v) is 7.17. The van der Waals surface area contributed by atoms with Gasteiger partial charge in [0, 0.05) is 12.2 Å². The van der Waals surface area contributed by atoms with E-state index in [0.717, 1.165) is 6.07 Å². The Labute approximate surface area is 131 Å². The molecule has 23 heavy (non-hydrogen) atoms. The zero-order chi connectivity index (χ0) is 16.4. The fraction of sp³-hybridized carbons (Fsp3) is 0.118. The van der Waals surface area contributed by atoms with Crippen molar-refractivity contribution >= 4 is 22.5 Å². The number of nitrogens with zero attached hydrogens (tertiary/aromatic N) is 2. The maximum absolute atomic E-state index is 13.5. The van der Waals surface area contributed by atoms with Gasteiger partial charge in [0.05, 0.1) is 10.9 Å². The number of rotatable bonds is 3. The zero-order valence-electron chi connectivity index (χ0n) is 12.4. The molecule has 1 aromatic heterocycles. The Kier molecular flexibility index (Phi) is 3.89. The number of amides is 1. The van der Waals surface area contributed by atoms with Gasteiger partial charge in [0.25, 0.3) is 5.91 Å². The first-order chi connectivity index (χ1) is 11.1. The van der Waals surface area contributed by atoms with Crippen LogP contribution in [0.4, 0.5) is 10.1 Å². The molecule has 0 saturated carbocycles. The van der Waals surface area contributed by atoms with Crippen molar-refractivity contribution in [1.82, 2.24) is 9.78 Å². The van der Waals surface area contributed by atoms with Crippen LogP contribution in [0.3, 0.4) is 0 Å². The van der Waals surface area contributed by atoms with Crippen LogP contribution in [0.15, 0.2) is 53.3 Å². The molecule has 0 atom stereocenters. The molecule has 1 amide bonds. The van der Waals surface area contributed by atoms with Crippen molar-refractivity contribution in [2.24, 2.45) is 0 Å². The standard InChI is InChI=1S/C17H14FN3O2/c1-2-21-14-9-8-11(18)10-13(14)16(22)15(20-21)17(23)19-12-6-4-3-5-7-12/h3-10H,2H2,1H3,(H,19,23). The molecule has 0 fully saturated rings. The van der Waals surface area contributed by atoms with E-state index < -0.39 is 17.2 Å². The highest BCUT2D eigenvalue weighted by Gasteiger charge is 2.17. The second-order valence-electron chi connectivity index (χ2n) is 4.98. The molecule has 0 radical (unpaired) electrons. The van der Waals surface area contributed by atoms with Gasteiger partial charge in [-0.05, 0) is 37.3 Å². The molecule has 0 aliphatic carbocycles. The minimum absolute atomic E-state index is 0.139. The molecule has 3 aromatic rings. The molecule has 0 unspecified atom stereocenters. The molecule has 0 aliphatic rings. The number of aromatic nitrogens is 2. The van der Waals surface area contributed by atoms with Gasteiger partial charge in [-0.1, -0.05) is 18.2 Å². The number of hydrogen-bond acceptors (Lipinski definition) is 3. The number of carbonyl (C=O) groups excluding carboxylic acids is 1. The van der Waals surface area contributed by atoms with Crippen molar-refractivity contribution in [3.8, 4) is 0 Å². The molecule has 3 rings (SSSR count). The zero-order valence-corrected chi connectivity index (χ0v) is 12.4. The van der Waals surface area contributed by atoms with Crippen molar-refractivity contribution < 1.29 is 9.18 Å². The van der Waals surface area contributed by atoms with Gasteiger partial charge in [-0.3, -0.25) is 14.3 Å². The number of carbonyl (C=O) groups is 1. The SMILES string of the molecule is CCn1nc(C(=O)Nc2ccccc2)c(=O)c2cc(F)ccc21. The molecule has 6 heteroatoms. The number of halogens is 1. The van der Waals surface area contributed by atoms with E-state index in [1.807, 2.05) is 13.0 Å². The molecular formula is C17H14FN3O2. The number of anilines is 1. The van der Waals surface area contributed by atoms with E-state index in [4.69, 9.17) is 0 Å². The molecular weight excluding hydrogens is 297 g/mol. The van der Waals surface area contributed by atoms with E-state index in [2.05, 4.69) is 10.4 Å². The molecule has 5 nitrogen and oxygen atoms in total. The van der Waals surface area contributed by atoms with E-state index in [9.17, 15) is 14.0 Å². The van der Waals surface area contributed by atoms with Crippen LogP contribution in [0, 0.1) is 5.82 Å². The maximum Gasteiger partial charge on any atom is 0.280 e. The summed E-state index contributed by atoms with van der Waals surface area (Å²) in [7, 11) is 0. The van der Waals surface area contributed by atoms with Crippen LogP contribution >= 0.6 is 0 Å². The van der Waals surface area contributed by atoms with E-state index in [1.165, 1.54) is 16.8 Å². The van der Waals surface area contributed by atoms with Crippen LogP contribution in [0.25, 0.3) is 10.9 Å². The Morgan fingerprint density at radius 3 is 2.65 bits per heavy atom. The van der Waals surface area contributed by atoms with Crippen LogP contribution in [0.5, 0.6) is 0 Å². The Balaban J connectivity index is 2.12. The summed E-state index contributed by atoms with van der Waals surface area (Å²) in [5.41, 5.74) is 0.211. The molecule has 2 aromatic carbocycles. The van der Waals surface area contributed by atoms with Gasteiger partial charge >= 0.3 is 0 Å². The van der Waals surface area contributed by atoms with Crippen molar-refractivity contribution in [3.63, 3.8) is 0 Å². The average molecular weight is 311 g/mol. The number of benzene rings is 2. The van der Waals surface area contributed by atoms with E-state index in [-0.39, 0.29) is 11.1 Å². The molecule has 1 heterocycles. The summed E-state index contributed by atoms with van der Waals surface area (Å²) in [6.45, 7) is 2.28. The molecule has 0 saturated heterocycles. The van der Waals surface area contributed by atoms with Crippen LogP contribution in [0.2, 0.25) is 0 Å². The van der Waals surface area contributed by atoms with E-state index >= 15 is 0 Å². The summed E-state index contributed by atoms with van der Waals surface area (Å²) in [4.78, 5) is 24.8. The fourth-order valence-corrected chi connectivity index (χ4v) is 2.36. The van der Waals surface area contributed by atoms with Gasteiger partial charge in [-0.15, -0.1) is 0 Å². The quantitative estimate of drug-likeness (QED) is 0.809. The highest BCUT2D eigenvalue weighted by atomic mass is 19.1. The summed E-state index contributed by atoms with van der Waals surface area (Å²) < 4.78 is 15.0. The average Bonchev–Trinajstić information content (AvgIpc) is 2.56. The van der Waals surface area contributed by atoms with Crippen molar-refractivity contribution in [2.45, 2.75) is 13.5 Å². The third-order valence-corrected chi connectivity index (χ3v) is 3.46. The second kappa shape index (κ2) is 6.00. The highest BCUT2D eigenvalue weighted by Crippen LogP contribution is 2.13. The lowest BCUT2D eigenvalue weighted by molar-refractivity contribution is 0.101. The summed E-state index contributed by atoms with van der Waals surface area (Å²) >= 11 is 0. The van der Waals surface area contributed by atoms with Crippen LogP contribution < -0.4 is 10.7 Å². The summed E-state index contributed by atoms with van der Waals surface area (Å²) in [5, 5.41) is 6.87. The fourth-order valence-electron chi connectivity index (χ4n) is 2.36. The predicted octanol–water partition coefficient (Wildman–Crippen LogP) is 2.81. The van der Waals surface area contributed by atoms with Gasteiger partial charge in [-0.2, -0.15) is 5.10 Å². The highest BCUT2D eigenvalue weighted by molar-refractivity contribution is 6.04. The Morgan fingerprint density at radius 2 is 1.96 bits per heavy atom. The number of aryl methyl sites for hydroxylation is 1. The number of nitrogens with one attached hydrogen (secondary N) is 1. The van der Waals surface area contributed by atoms with Gasteiger partial charge in [0.1, 0.15) is 5.82 Å². The molecule has 0 aliphatic heterocycles. The molecule has 116 valence electrons. The minimum Gasteiger partial charge on any atom is -0.320 e. The topological polar surface area (TPSA) is 64.0 Å². The first-order valence-electron chi connectivity index (χ1n) is 7.17. The van der Waals surface area contributed by atoms with Crippen molar-refractivity contribution in [1.29, 1.82) is 0 Å². The maximum atomic E-state index is 13.5. The van der Waals surface area contributed by atoms with Gasteiger partial charge in [-0.25, -0.2) is 4.39 Å². The molecule has 1 N–H and O–H groups in total. The van der Waals surface area contributed by atoms with Crippen LogP contribution in [-0.2, 0) is 6.54 Å². The largest absolute Gasteiger partial charge is 0.320 e. The second-order valence-corrected chi connectivity index (χ2v) is 4.98. The monoisotopic (exact) mass is 311 g/mol. The number of para-hydroxylation sites is 1. The smallest absolute Gasteiger partial charge is 0.280 e. The normalized spacial score (nSPS) is 10.7. The third kappa shape index (κ3) is 2.83. The van der Waals surface area contributed by atoms with Crippen molar-refractivity contribution in [3.05, 3.63) is 70.3 Å². The predicted molar refractivity (Wildman–Crippen MR) is 86.0 cm³/mol. The lowest BCUT2D eigenvalue weighted by Crippen LogP contribution is -2.27. The minimum atomic E-state index is -0.616. The van der Waals surface area contributed by atoms with E-state index in [1.54, 1.807) is 24.3 Å². The summed E-state index contributed by atoms with van der Waals surface area (Å²) in [6.07, 6.45) is 0. The summed E-state index contributed by atoms with van der Waals surface area (Å²) in [5.74, 6) is -1.15. The number of fused-ring (bicyclic) bond motifs is 1. The van der Waals surface area contributed by atoms with Gasteiger partial charge in [0.2, 0.25) is 5.43 Å². The van der Waals surface area contributed by atoms with Gasteiger partial charge in [0.15, 0.2) is 5.69 Å². The Bertz CT molecular complexity index is 936. The molecule has 0 bridgehead atoms. The van der Waals surface area contributed by atoms with E-state index in [0.29, 0.717) is 17.7 Å². The lowest BCUT2D eigenvalue weighted by Gasteiger charge is -2.10. The number of hydrogen-bond donors (Lipinski definition) is 1. The Morgan fingerprint density at radius 1 is 1.22 bits per heavy atom. The lowest BCUT2D eigenvalue weighted by atomic mass is 10.2. The van der Waals surface area contributed by atoms with Crippen LogP contribution in [0.1, 0.15) is 17.4 Å². The molecule has 0 spiro atoms.